The molecule has 1 atom stereocenters. The fourth-order valence-electron chi connectivity index (χ4n) is 2.23. The Morgan fingerprint density at radius 3 is 2.74 bits per heavy atom. The molecule has 1 heterocycles. The molecule has 3 nitrogen and oxygen atoms in total. The van der Waals surface area contributed by atoms with Gasteiger partial charge in [-0.3, -0.25) is 4.90 Å². The Bertz CT molecular complexity index is 551. The van der Waals surface area contributed by atoms with Crippen LogP contribution in [0.4, 0.5) is 5.82 Å². The summed E-state index contributed by atoms with van der Waals surface area (Å²) in [5.74, 6) is 0.980. The van der Waals surface area contributed by atoms with E-state index in [1.165, 1.54) is 10.9 Å². The third-order valence-corrected chi connectivity index (χ3v) is 3.80. The van der Waals surface area contributed by atoms with Crippen LogP contribution in [0.5, 0.6) is 0 Å². The van der Waals surface area contributed by atoms with Crippen molar-refractivity contribution in [2.75, 3.05) is 19.4 Å². The molecule has 1 unspecified atom stereocenters. The van der Waals surface area contributed by atoms with Crippen molar-refractivity contribution in [2.24, 2.45) is 0 Å². The van der Waals surface area contributed by atoms with Crippen LogP contribution in [0.15, 0.2) is 30.3 Å². The summed E-state index contributed by atoms with van der Waals surface area (Å²) in [5, 5.41) is 4.42. The van der Waals surface area contributed by atoms with Crippen LogP contribution in [-0.2, 0) is 6.54 Å². The van der Waals surface area contributed by atoms with Gasteiger partial charge in [-0.05, 0) is 32.5 Å². The average molecular weight is 257 g/mol. The Morgan fingerprint density at radius 1 is 1.32 bits per heavy atom. The maximum Gasteiger partial charge on any atom is 0.130 e. The average Bonchev–Trinajstić information content (AvgIpc) is 2.45. The summed E-state index contributed by atoms with van der Waals surface area (Å²) >= 11 is 0. The van der Waals surface area contributed by atoms with Crippen LogP contribution in [-0.4, -0.2) is 30.0 Å². The van der Waals surface area contributed by atoms with Crippen molar-refractivity contribution in [1.82, 2.24) is 9.88 Å². The molecule has 19 heavy (non-hydrogen) atoms. The van der Waals surface area contributed by atoms with Gasteiger partial charge in [0.2, 0.25) is 0 Å². The second kappa shape index (κ2) is 6.02. The predicted octanol–water partition coefficient (Wildman–Crippen LogP) is 3.51. The summed E-state index contributed by atoms with van der Waals surface area (Å²) < 4.78 is 0. The number of nitrogens with one attached hydrogen (secondary N) is 1. The van der Waals surface area contributed by atoms with E-state index < -0.39 is 0 Å². The number of pyridine rings is 1. The number of nitrogens with zero attached hydrogens (tertiary/aromatic N) is 2. The minimum Gasteiger partial charge on any atom is -0.373 e. The number of aromatic nitrogens is 1. The van der Waals surface area contributed by atoms with E-state index in [1.54, 1.807) is 0 Å². The van der Waals surface area contributed by atoms with E-state index in [1.807, 2.05) is 13.1 Å². The van der Waals surface area contributed by atoms with Gasteiger partial charge in [-0.25, -0.2) is 4.98 Å². The first-order chi connectivity index (χ1) is 9.15. The van der Waals surface area contributed by atoms with E-state index in [0.29, 0.717) is 6.04 Å². The summed E-state index contributed by atoms with van der Waals surface area (Å²) in [5.41, 5.74) is 2.30. The molecule has 0 aliphatic rings. The van der Waals surface area contributed by atoms with Gasteiger partial charge in [0, 0.05) is 30.6 Å². The molecule has 2 rings (SSSR count). The highest BCUT2D eigenvalue weighted by atomic mass is 15.1. The first-order valence-electron chi connectivity index (χ1n) is 6.92. The first kappa shape index (κ1) is 13.8. The number of hydrogen-bond donors (Lipinski definition) is 1. The Hall–Kier alpha value is -1.61. The van der Waals surface area contributed by atoms with E-state index in [9.17, 15) is 0 Å². The van der Waals surface area contributed by atoms with Crippen molar-refractivity contribution >= 4 is 16.7 Å². The van der Waals surface area contributed by atoms with Crippen molar-refractivity contribution in [3.8, 4) is 0 Å². The van der Waals surface area contributed by atoms with Crippen LogP contribution in [0, 0.1) is 0 Å². The van der Waals surface area contributed by atoms with Crippen LogP contribution in [0.3, 0.4) is 0 Å². The fraction of sp³-hybridized carbons (Fsp3) is 0.438. The quantitative estimate of drug-likeness (QED) is 0.888. The van der Waals surface area contributed by atoms with Gasteiger partial charge in [0.05, 0.1) is 5.52 Å². The van der Waals surface area contributed by atoms with Gasteiger partial charge in [-0.2, -0.15) is 0 Å². The molecule has 102 valence electrons. The van der Waals surface area contributed by atoms with Crippen LogP contribution >= 0.6 is 0 Å². The van der Waals surface area contributed by atoms with Crippen molar-refractivity contribution < 1.29 is 0 Å². The van der Waals surface area contributed by atoms with E-state index in [2.05, 4.69) is 55.4 Å². The molecule has 1 aromatic carbocycles. The Labute approximate surface area is 115 Å². The molecule has 0 fully saturated rings. The third kappa shape index (κ3) is 3.04. The van der Waals surface area contributed by atoms with E-state index in [-0.39, 0.29) is 0 Å². The Morgan fingerprint density at radius 2 is 2.05 bits per heavy atom. The molecule has 0 spiro atoms. The number of hydrogen-bond acceptors (Lipinski definition) is 3. The molecular weight excluding hydrogens is 234 g/mol. The highest BCUT2D eigenvalue weighted by molar-refractivity contribution is 5.81. The number of fused-ring (bicyclic) bond motifs is 1. The van der Waals surface area contributed by atoms with Gasteiger partial charge in [0.1, 0.15) is 5.82 Å². The number of benzene rings is 1. The third-order valence-electron chi connectivity index (χ3n) is 3.80. The molecular formula is C16H23N3. The zero-order valence-electron chi connectivity index (χ0n) is 12.3. The van der Waals surface area contributed by atoms with Crippen molar-refractivity contribution in [2.45, 2.75) is 32.9 Å². The minimum absolute atomic E-state index is 0.580. The lowest BCUT2D eigenvalue weighted by atomic mass is 10.1. The van der Waals surface area contributed by atoms with Crippen LogP contribution < -0.4 is 5.32 Å². The van der Waals surface area contributed by atoms with Crippen molar-refractivity contribution in [3.05, 3.63) is 35.9 Å². The van der Waals surface area contributed by atoms with E-state index in [4.69, 9.17) is 4.98 Å². The fourth-order valence-corrected chi connectivity index (χ4v) is 2.23. The largest absolute Gasteiger partial charge is 0.373 e. The molecule has 0 aliphatic carbocycles. The molecule has 0 amide bonds. The summed E-state index contributed by atoms with van der Waals surface area (Å²) in [6.45, 7) is 5.40. The van der Waals surface area contributed by atoms with E-state index in [0.717, 1.165) is 24.3 Å². The van der Waals surface area contributed by atoms with Crippen LogP contribution in [0.1, 0.15) is 25.8 Å². The minimum atomic E-state index is 0.580. The van der Waals surface area contributed by atoms with Gasteiger partial charge in [0.25, 0.3) is 0 Å². The molecule has 0 aliphatic heterocycles. The van der Waals surface area contributed by atoms with Gasteiger partial charge in [-0.1, -0.05) is 25.1 Å². The van der Waals surface area contributed by atoms with Crippen LogP contribution in [0.2, 0.25) is 0 Å². The normalized spacial score (nSPS) is 12.9. The van der Waals surface area contributed by atoms with E-state index >= 15 is 0 Å². The zero-order chi connectivity index (χ0) is 13.8. The van der Waals surface area contributed by atoms with Crippen molar-refractivity contribution in [3.63, 3.8) is 0 Å². The highest BCUT2D eigenvalue weighted by Gasteiger charge is 2.11. The van der Waals surface area contributed by atoms with Gasteiger partial charge < -0.3 is 5.32 Å². The predicted molar refractivity (Wildman–Crippen MR) is 82.5 cm³/mol. The topological polar surface area (TPSA) is 28.2 Å². The Kier molecular flexibility index (Phi) is 4.38. The molecule has 0 saturated heterocycles. The SMILES string of the molecule is CCC(C)N(C)Cc1cc2ccccc2nc1NC. The van der Waals surface area contributed by atoms with Crippen molar-refractivity contribution in [1.29, 1.82) is 0 Å². The lowest BCUT2D eigenvalue weighted by molar-refractivity contribution is 0.244. The lowest BCUT2D eigenvalue weighted by Gasteiger charge is -2.24. The second-order valence-corrected chi connectivity index (χ2v) is 5.11. The highest BCUT2D eigenvalue weighted by Crippen LogP contribution is 2.22. The van der Waals surface area contributed by atoms with Crippen LogP contribution in [0.25, 0.3) is 10.9 Å². The Balaban J connectivity index is 2.35. The molecule has 1 N–H and O–H groups in total. The second-order valence-electron chi connectivity index (χ2n) is 5.11. The number of para-hydroxylation sites is 1. The van der Waals surface area contributed by atoms with Gasteiger partial charge in [0.15, 0.2) is 0 Å². The number of rotatable bonds is 5. The van der Waals surface area contributed by atoms with Gasteiger partial charge in [-0.15, -0.1) is 0 Å². The molecule has 0 saturated carbocycles. The molecule has 0 bridgehead atoms. The lowest BCUT2D eigenvalue weighted by Crippen LogP contribution is -2.28. The first-order valence-corrected chi connectivity index (χ1v) is 6.92. The smallest absolute Gasteiger partial charge is 0.130 e. The zero-order valence-corrected chi connectivity index (χ0v) is 12.3. The maximum absolute atomic E-state index is 4.69. The molecule has 3 heteroatoms. The number of anilines is 1. The molecule has 0 radical (unpaired) electrons. The standard InChI is InChI=1S/C16H23N3/c1-5-12(2)19(4)11-14-10-13-8-6-7-9-15(13)18-16(14)17-3/h6-10,12H,5,11H2,1-4H3,(H,17,18). The maximum atomic E-state index is 4.69. The summed E-state index contributed by atoms with van der Waals surface area (Å²) in [6.07, 6.45) is 1.16. The summed E-state index contributed by atoms with van der Waals surface area (Å²) in [6, 6.07) is 11.1. The summed E-state index contributed by atoms with van der Waals surface area (Å²) in [4.78, 5) is 7.06. The van der Waals surface area contributed by atoms with Gasteiger partial charge >= 0.3 is 0 Å². The summed E-state index contributed by atoms with van der Waals surface area (Å²) in [7, 11) is 4.10. The monoisotopic (exact) mass is 257 g/mol. The molecule has 2 aromatic rings. The molecule has 1 aromatic heterocycles.